The molecular formula is C14H16BrFN2O2. The van der Waals surface area contributed by atoms with Crippen molar-refractivity contribution in [3.05, 3.63) is 29.6 Å². The second-order valence-electron chi connectivity index (χ2n) is 5.05. The molecule has 0 aliphatic heterocycles. The fourth-order valence-electron chi connectivity index (χ4n) is 2.14. The predicted octanol–water partition coefficient (Wildman–Crippen LogP) is 2.82. The normalized spacial score (nSPS) is 16.3. The number of amides is 2. The molecule has 0 radical (unpaired) electrons. The largest absolute Gasteiger partial charge is 0.366 e. The van der Waals surface area contributed by atoms with E-state index >= 15 is 0 Å². The summed E-state index contributed by atoms with van der Waals surface area (Å²) < 4.78 is 13.6. The quantitative estimate of drug-likeness (QED) is 0.807. The Balaban J connectivity index is 1.96. The average Bonchev–Trinajstić information content (AvgIpc) is 2.33. The zero-order chi connectivity index (χ0) is 14.7. The van der Waals surface area contributed by atoms with E-state index < -0.39 is 11.7 Å². The van der Waals surface area contributed by atoms with Crippen LogP contribution in [0.4, 0.5) is 10.1 Å². The van der Waals surface area contributed by atoms with Crippen molar-refractivity contribution >= 4 is 33.4 Å². The number of nitrogens with two attached hydrogens (primary N) is 1. The maximum atomic E-state index is 13.6. The number of nitrogens with one attached hydrogen (secondary N) is 1. The first-order valence-corrected chi connectivity index (χ1v) is 7.43. The highest BCUT2D eigenvalue weighted by molar-refractivity contribution is 9.10. The predicted molar refractivity (Wildman–Crippen MR) is 78.2 cm³/mol. The Kier molecular flexibility index (Phi) is 4.75. The van der Waals surface area contributed by atoms with Crippen LogP contribution in [0.25, 0.3) is 0 Å². The van der Waals surface area contributed by atoms with Gasteiger partial charge in [0.1, 0.15) is 5.82 Å². The Morgan fingerprint density at radius 3 is 2.65 bits per heavy atom. The van der Waals surface area contributed by atoms with Gasteiger partial charge in [-0.3, -0.25) is 9.59 Å². The molecule has 0 heterocycles. The molecule has 108 valence electrons. The van der Waals surface area contributed by atoms with Gasteiger partial charge in [-0.25, -0.2) is 4.39 Å². The number of alkyl halides is 1. The molecule has 3 N–H and O–H groups in total. The number of carbonyl (C=O) groups excluding carboxylic acids is 2. The summed E-state index contributed by atoms with van der Waals surface area (Å²) in [6, 6.07) is 3.83. The molecule has 0 saturated heterocycles. The Hall–Kier alpha value is -1.43. The summed E-state index contributed by atoms with van der Waals surface area (Å²) in [6.07, 6.45) is 4.34. The summed E-state index contributed by atoms with van der Waals surface area (Å²) in [5.41, 5.74) is 5.15. The lowest BCUT2D eigenvalue weighted by atomic mass is 9.82. The SMILES string of the molecule is NC(=O)c1ccc(NC(=O)C(Br)CC2CCC2)cc1F. The number of hydrogen-bond donors (Lipinski definition) is 2. The molecule has 1 aromatic carbocycles. The molecule has 1 aliphatic carbocycles. The molecule has 4 nitrogen and oxygen atoms in total. The fourth-order valence-corrected chi connectivity index (χ4v) is 2.78. The summed E-state index contributed by atoms with van der Waals surface area (Å²) in [6.45, 7) is 0. The van der Waals surface area contributed by atoms with Crippen LogP contribution in [0.3, 0.4) is 0 Å². The van der Waals surface area contributed by atoms with E-state index in [1.54, 1.807) is 0 Å². The van der Waals surface area contributed by atoms with Crippen molar-refractivity contribution in [1.82, 2.24) is 0 Å². The first-order valence-electron chi connectivity index (χ1n) is 6.51. The standard InChI is InChI=1S/C14H16BrFN2O2/c15-11(6-8-2-1-3-8)14(20)18-9-4-5-10(13(17)19)12(16)7-9/h4-5,7-8,11H,1-3,6H2,(H2,17,19)(H,18,20). The molecule has 1 atom stereocenters. The monoisotopic (exact) mass is 342 g/mol. The zero-order valence-electron chi connectivity index (χ0n) is 10.9. The molecule has 20 heavy (non-hydrogen) atoms. The van der Waals surface area contributed by atoms with Crippen molar-refractivity contribution < 1.29 is 14.0 Å². The molecule has 2 rings (SSSR count). The van der Waals surface area contributed by atoms with Gasteiger partial charge < -0.3 is 11.1 Å². The van der Waals surface area contributed by atoms with Gasteiger partial charge in [-0.05, 0) is 30.5 Å². The second-order valence-corrected chi connectivity index (χ2v) is 6.15. The number of anilines is 1. The van der Waals surface area contributed by atoms with E-state index in [1.165, 1.54) is 18.6 Å². The van der Waals surface area contributed by atoms with Crippen molar-refractivity contribution in [2.45, 2.75) is 30.5 Å². The van der Waals surface area contributed by atoms with E-state index in [1.807, 2.05) is 0 Å². The van der Waals surface area contributed by atoms with Gasteiger partial charge in [0, 0.05) is 5.69 Å². The molecule has 1 aliphatic rings. The van der Waals surface area contributed by atoms with Crippen LogP contribution in [0.15, 0.2) is 18.2 Å². The molecule has 0 spiro atoms. The van der Waals surface area contributed by atoms with E-state index in [0.717, 1.165) is 25.3 Å². The number of carbonyl (C=O) groups is 2. The minimum atomic E-state index is -0.830. The summed E-state index contributed by atoms with van der Waals surface area (Å²) in [7, 11) is 0. The minimum Gasteiger partial charge on any atom is -0.366 e. The maximum Gasteiger partial charge on any atom is 0.251 e. The summed E-state index contributed by atoms with van der Waals surface area (Å²) in [4.78, 5) is 22.6. The van der Waals surface area contributed by atoms with Crippen LogP contribution in [0.1, 0.15) is 36.0 Å². The topological polar surface area (TPSA) is 72.2 Å². The molecule has 1 aromatic rings. The number of rotatable bonds is 5. The van der Waals surface area contributed by atoms with Gasteiger partial charge in [0.2, 0.25) is 5.91 Å². The Bertz CT molecular complexity index is 532. The van der Waals surface area contributed by atoms with Crippen LogP contribution in [0.5, 0.6) is 0 Å². The van der Waals surface area contributed by atoms with Gasteiger partial charge in [0.15, 0.2) is 0 Å². The third-order valence-electron chi connectivity index (χ3n) is 3.55. The average molecular weight is 343 g/mol. The van der Waals surface area contributed by atoms with Crippen LogP contribution in [0, 0.1) is 11.7 Å². The molecule has 2 amide bonds. The van der Waals surface area contributed by atoms with E-state index in [2.05, 4.69) is 21.2 Å². The molecule has 0 bridgehead atoms. The van der Waals surface area contributed by atoms with Gasteiger partial charge in [-0.1, -0.05) is 35.2 Å². The van der Waals surface area contributed by atoms with Crippen molar-refractivity contribution in [2.24, 2.45) is 11.7 Å². The molecule has 1 unspecified atom stereocenters. The van der Waals surface area contributed by atoms with Crippen LogP contribution < -0.4 is 11.1 Å². The Labute approximate surface area is 125 Å². The number of benzene rings is 1. The van der Waals surface area contributed by atoms with Crippen LogP contribution in [0.2, 0.25) is 0 Å². The van der Waals surface area contributed by atoms with Crippen molar-refractivity contribution in [3.8, 4) is 0 Å². The number of hydrogen-bond acceptors (Lipinski definition) is 2. The summed E-state index contributed by atoms with van der Waals surface area (Å²) in [5, 5.41) is 2.62. The molecule has 6 heteroatoms. The first kappa shape index (κ1) is 15.0. The lowest BCUT2D eigenvalue weighted by molar-refractivity contribution is -0.116. The van der Waals surface area contributed by atoms with Crippen LogP contribution in [-0.4, -0.2) is 16.6 Å². The Morgan fingerprint density at radius 1 is 1.45 bits per heavy atom. The van der Waals surface area contributed by atoms with Gasteiger partial charge in [-0.15, -0.1) is 0 Å². The first-order chi connectivity index (χ1) is 9.47. The van der Waals surface area contributed by atoms with E-state index in [-0.39, 0.29) is 16.3 Å². The maximum absolute atomic E-state index is 13.6. The minimum absolute atomic E-state index is 0.187. The number of primary amides is 1. The van der Waals surface area contributed by atoms with Gasteiger partial charge >= 0.3 is 0 Å². The molecule has 0 aromatic heterocycles. The van der Waals surface area contributed by atoms with Gasteiger partial charge in [0.25, 0.3) is 5.91 Å². The van der Waals surface area contributed by atoms with Crippen molar-refractivity contribution in [3.63, 3.8) is 0 Å². The number of halogens is 2. The highest BCUT2D eigenvalue weighted by Crippen LogP contribution is 2.32. The van der Waals surface area contributed by atoms with Gasteiger partial charge in [-0.2, -0.15) is 0 Å². The molecule has 1 saturated carbocycles. The third kappa shape index (κ3) is 3.56. The lowest BCUT2D eigenvalue weighted by Crippen LogP contribution is -2.27. The van der Waals surface area contributed by atoms with Crippen molar-refractivity contribution in [2.75, 3.05) is 5.32 Å². The Morgan fingerprint density at radius 2 is 2.15 bits per heavy atom. The molecule has 1 fully saturated rings. The highest BCUT2D eigenvalue weighted by atomic mass is 79.9. The van der Waals surface area contributed by atoms with Crippen LogP contribution in [-0.2, 0) is 4.79 Å². The van der Waals surface area contributed by atoms with E-state index in [4.69, 9.17) is 5.73 Å². The lowest BCUT2D eigenvalue weighted by Gasteiger charge is -2.27. The second kappa shape index (κ2) is 6.35. The summed E-state index contributed by atoms with van der Waals surface area (Å²) in [5.74, 6) is -1.17. The third-order valence-corrected chi connectivity index (χ3v) is 4.34. The molecular weight excluding hydrogens is 327 g/mol. The van der Waals surface area contributed by atoms with Crippen molar-refractivity contribution in [1.29, 1.82) is 0 Å². The van der Waals surface area contributed by atoms with Gasteiger partial charge in [0.05, 0.1) is 10.4 Å². The fraction of sp³-hybridized carbons (Fsp3) is 0.429. The van der Waals surface area contributed by atoms with E-state index in [9.17, 15) is 14.0 Å². The zero-order valence-corrected chi connectivity index (χ0v) is 12.5. The summed E-state index contributed by atoms with van der Waals surface area (Å²) >= 11 is 3.35. The smallest absolute Gasteiger partial charge is 0.251 e. The highest BCUT2D eigenvalue weighted by Gasteiger charge is 2.24. The van der Waals surface area contributed by atoms with Crippen LogP contribution >= 0.6 is 15.9 Å². The van der Waals surface area contributed by atoms with E-state index in [0.29, 0.717) is 11.6 Å².